The Bertz CT molecular complexity index is 642. The van der Waals surface area contributed by atoms with E-state index in [2.05, 4.69) is 44.9 Å². The van der Waals surface area contributed by atoms with Crippen molar-refractivity contribution in [3.8, 4) is 0 Å². The van der Waals surface area contributed by atoms with Crippen molar-refractivity contribution < 1.29 is 4.79 Å². The molecule has 0 fully saturated rings. The van der Waals surface area contributed by atoms with E-state index in [9.17, 15) is 4.79 Å². The Kier molecular flexibility index (Phi) is 4.71. The second kappa shape index (κ2) is 6.33. The van der Waals surface area contributed by atoms with E-state index < -0.39 is 0 Å². The van der Waals surface area contributed by atoms with E-state index in [4.69, 9.17) is 0 Å². The molecule has 0 aliphatic heterocycles. The lowest BCUT2D eigenvalue weighted by atomic mass is 10.00. The molecule has 1 aromatic heterocycles. The van der Waals surface area contributed by atoms with E-state index in [0.717, 1.165) is 35.0 Å². The topological polar surface area (TPSA) is 44.9 Å². The number of fused-ring (bicyclic) bond motifs is 1. The fourth-order valence-electron chi connectivity index (χ4n) is 2.74. The van der Waals surface area contributed by atoms with Crippen molar-refractivity contribution in [3.63, 3.8) is 0 Å². The lowest BCUT2D eigenvalue weighted by molar-refractivity contribution is 0.0935. The minimum Gasteiger partial charge on any atom is -0.358 e. The van der Waals surface area contributed by atoms with Crippen molar-refractivity contribution in [1.29, 1.82) is 0 Å². The van der Waals surface area contributed by atoms with Crippen molar-refractivity contribution in [2.45, 2.75) is 53.5 Å². The standard InChI is InChI=1S/C18H26N2O/c1-6-11(2)9-12(3)19-18(21)15-7-8-17-16(10-15)13(4)14(5)20-17/h7-8,10-12,20H,6,9H2,1-5H3,(H,19,21). The maximum absolute atomic E-state index is 12.4. The summed E-state index contributed by atoms with van der Waals surface area (Å²) in [5.41, 5.74) is 4.20. The minimum atomic E-state index is 0.0194. The van der Waals surface area contributed by atoms with Gasteiger partial charge in [0.2, 0.25) is 0 Å². The molecule has 0 saturated heterocycles. The summed E-state index contributed by atoms with van der Waals surface area (Å²) in [4.78, 5) is 15.7. The van der Waals surface area contributed by atoms with Crippen LogP contribution in [0.4, 0.5) is 0 Å². The first kappa shape index (κ1) is 15.6. The molecule has 1 aromatic carbocycles. The van der Waals surface area contributed by atoms with E-state index in [-0.39, 0.29) is 11.9 Å². The number of carbonyl (C=O) groups is 1. The number of rotatable bonds is 5. The van der Waals surface area contributed by atoms with Gasteiger partial charge in [0, 0.05) is 28.2 Å². The van der Waals surface area contributed by atoms with Crippen LogP contribution in [0, 0.1) is 19.8 Å². The molecule has 2 atom stereocenters. The maximum Gasteiger partial charge on any atom is 0.251 e. The zero-order valence-electron chi connectivity index (χ0n) is 13.7. The third-order valence-corrected chi connectivity index (χ3v) is 4.40. The van der Waals surface area contributed by atoms with E-state index in [1.54, 1.807) is 0 Å². The van der Waals surface area contributed by atoms with Gasteiger partial charge in [0.05, 0.1) is 0 Å². The fraction of sp³-hybridized carbons (Fsp3) is 0.500. The van der Waals surface area contributed by atoms with Crippen LogP contribution in [-0.4, -0.2) is 16.9 Å². The molecule has 2 N–H and O–H groups in total. The Balaban J connectivity index is 2.14. The Morgan fingerprint density at radius 3 is 2.67 bits per heavy atom. The number of H-pyrrole nitrogens is 1. The predicted octanol–water partition coefficient (Wildman–Crippen LogP) is 4.34. The van der Waals surface area contributed by atoms with E-state index in [1.165, 1.54) is 5.56 Å². The third-order valence-electron chi connectivity index (χ3n) is 4.40. The number of nitrogens with one attached hydrogen (secondary N) is 2. The SMILES string of the molecule is CCC(C)CC(C)NC(=O)c1ccc2[nH]c(C)c(C)c2c1. The van der Waals surface area contributed by atoms with Crippen LogP contribution in [-0.2, 0) is 0 Å². The summed E-state index contributed by atoms with van der Waals surface area (Å²) < 4.78 is 0. The summed E-state index contributed by atoms with van der Waals surface area (Å²) in [7, 11) is 0. The number of aromatic amines is 1. The maximum atomic E-state index is 12.4. The van der Waals surface area contributed by atoms with Crippen LogP contribution in [0.25, 0.3) is 10.9 Å². The highest BCUT2D eigenvalue weighted by atomic mass is 16.1. The van der Waals surface area contributed by atoms with E-state index in [0.29, 0.717) is 5.92 Å². The molecule has 2 unspecified atom stereocenters. The molecule has 0 radical (unpaired) electrons. The quantitative estimate of drug-likeness (QED) is 0.843. The molecule has 2 rings (SSSR count). The van der Waals surface area contributed by atoms with Crippen molar-refractivity contribution in [3.05, 3.63) is 35.0 Å². The van der Waals surface area contributed by atoms with Gasteiger partial charge in [-0.2, -0.15) is 0 Å². The summed E-state index contributed by atoms with van der Waals surface area (Å²) in [6, 6.07) is 6.07. The predicted molar refractivity (Wildman–Crippen MR) is 88.8 cm³/mol. The molecule has 0 aliphatic carbocycles. The van der Waals surface area contributed by atoms with Gasteiger partial charge in [-0.3, -0.25) is 4.79 Å². The van der Waals surface area contributed by atoms with Gasteiger partial charge in [0.15, 0.2) is 0 Å². The number of aromatic nitrogens is 1. The molecular weight excluding hydrogens is 260 g/mol. The fourth-order valence-corrected chi connectivity index (χ4v) is 2.74. The minimum absolute atomic E-state index is 0.0194. The van der Waals surface area contributed by atoms with Gasteiger partial charge >= 0.3 is 0 Å². The van der Waals surface area contributed by atoms with Gasteiger partial charge in [-0.25, -0.2) is 0 Å². The lowest BCUT2D eigenvalue weighted by Crippen LogP contribution is -2.33. The first-order valence-electron chi connectivity index (χ1n) is 7.82. The first-order valence-corrected chi connectivity index (χ1v) is 7.82. The molecule has 21 heavy (non-hydrogen) atoms. The average Bonchev–Trinajstić information content (AvgIpc) is 2.73. The molecule has 114 valence electrons. The number of amides is 1. The summed E-state index contributed by atoms with van der Waals surface area (Å²) in [5.74, 6) is 0.656. The number of aryl methyl sites for hydroxylation is 2. The zero-order valence-corrected chi connectivity index (χ0v) is 13.7. The second-order valence-electron chi connectivity index (χ2n) is 6.26. The van der Waals surface area contributed by atoms with Crippen LogP contribution in [0.1, 0.15) is 55.2 Å². The summed E-state index contributed by atoms with van der Waals surface area (Å²) in [6.45, 7) is 10.6. The van der Waals surface area contributed by atoms with Crippen LogP contribution < -0.4 is 5.32 Å². The van der Waals surface area contributed by atoms with Gasteiger partial charge in [-0.1, -0.05) is 20.3 Å². The van der Waals surface area contributed by atoms with Crippen molar-refractivity contribution in [2.75, 3.05) is 0 Å². The van der Waals surface area contributed by atoms with Crippen LogP contribution in [0.2, 0.25) is 0 Å². The molecule has 1 heterocycles. The summed E-state index contributed by atoms with van der Waals surface area (Å²) in [5, 5.41) is 4.24. The van der Waals surface area contributed by atoms with Crippen LogP contribution in [0.15, 0.2) is 18.2 Å². The van der Waals surface area contributed by atoms with Crippen molar-refractivity contribution in [1.82, 2.24) is 10.3 Å². The molecule has 3 heteroatoms. The Morgan fingerprint density at radius 1 is 1.29 bits per heavy atom. The molecule has 0 saturated carbocycles. The Labute approximate surface area is 127 Å². The molecule has 1 amide bonds. The van der Waals surface area contributed by atoms with Gasteiger partial charge < -0.3 is 10.3 Å². The van der Waals surface area contributed by atoms with E-state index >= 15 is 0 Å². The number of hydrogen-bond donors (Lipinski definition) is 2. The highest BCUT2D eigenvalue weighted by molar-refractivity contribution is 5.99. The Hall–Kier alpha value is -1.77. The normalized spacial score (nSPS) is 14.1. The van der Waals surface area contributed by atoms with Crippen LogP contribution >= 0.6 is 0 Å². The highest BCUT2D eigenvalue weighted by Crippen LogP contribution is 2.22. The van der Waals surface area contributed by atoms with Gasteiger partial charge in [-0.15, -0.1) is 0 Å². The molecular formula is C18H26N2O. The highest BCUT2D eigenvalue weighted by Gasteiger charge is 2.13. The first-order chi connectivity index (χ1) is 9.92. The molecule has 2 aromatic rings. The van der Waals surface area contributed by atoms with Crippen LogP contribution in [0.3, 0.4) is 0 Å². The smallest absolute Gasteiger partial charge is 0.251 e. The second-order valence-corrected chi connectivity index (χ2v) is 6.26. The lowest BCUT2D eigenvalue weighted by Gasteiger charge is -2.17. The molecule has 0 bridgehead atoms. The van der Waals surface area contributed by atoms with Gasteiger partial charge in [-0.05, 0) is 56.9 Å². The van der Waals surface area contributed by atoms with Crippen molar-refractivity contribution >= 4 is 16.8 Å². The summed E-state index contributed by atoms with van der Waals surface area (Å²) >= 11 is 0. The van der Waals surface area contributed by atoms with Gasteiger partial charge in [0.1, 0.15) is 0 Å². The van der Waals surface area contributed by atoms with Crippen molar-refractivity contribution in [2.24, 2.45) is 5.92 Å². The molecule has 0 spiro atoms. The van der Waals surface area contributed by atoms with E-state index in [1.807, 2.05) is 18.2 Å². The average molecular weight is 286 g/mol. The molecule has 0 aliphatic rings. The molecule has 3 nitrogen and oxygen atoms in total. The number of hydrogen-bond acceptors (Lipinski definition) is 1. The Morgan fingerprint density at radius 2 is 2.00 bits per heavy atom. The van der Waals surface area contributed by atoms with Crippen LogP contribution in [0.5, 0.6) is 0 Å². The third kappa shape index (κ3) is 3.46. The summed E-state index contributed by atoms with van der Waals surface area (Å²) in [6.07, 6.45) is 2.17. The zero-order chi connectivity index (χ0) is 15.6. The number of benzene rings is 1. The van der Waals surface area contributed by atoms with Gasteiger partial charge in [0.25, 0.3) is 5.91 Å². The number of carbonyl (C=O) groups excluding carboxylic acids is 1. The monoisotopic (exact) mass is 286 g/mol. The largest absolute Gasteiger partial charge is 0.358 e.